The molecule has 30 heavy (non-hydrogen) atoms. The number of carbonyl (C=O) groups excluding carboxylic acids is 1. The summed E-state index contributed by atoms with van der Waals surface area (Å²) in [4.78, 5) is 14.8. The van der Waals surface area contributed by atoms with Crippen LogP contribution in [-0.4, -0.2) is 35.5 Å². The Balaban J connectivity index is 1.31. The Morgan fingerprint density at radius 2 is 1.60 bits per heavy atom. The van der Waals surface area contributed by atoms with Crippen LogP contribution in [0.2, 0.25) is 0 Å². The first-order valence-corrected chi connectivity index (χ1v) is 10.3. The summed E-state index contributed by atoms with van der Waals surface area (Å²) >= 11 is 0. The molecule has 0 saturated carbocycles. The van der Waals surface area contributed by atoms with E-state index in [1.165, 1.54) is 5.56 Å². The van der Waals surface area contributed by atoms with Gasteiger partial charge in [-0.1, -0.05) is 42.5 Å². The first-order valence-electron chi connectivity index (χ1n) is 10.3. The summed E-state index contributed by atoms with van der Waals surface area (Å²) in [5.41, 5.74) is 1.93. The number of nitrogens with zero attached hydrogens (tertiary/aromatic N) is 1. The molecule has 0 atom stereocenters. The summed E-state index contributed by atoms with van der Waals surface area (Å²) in [5.74, 6) is 2.09. The van der Waals surface area contributed by atoms with Gasteiger partial charge in [0.15, 0.2) is 5.75 Å². The van der Waals surface area contributed by atoms with Gasteiger partial charge in [-0.25, -0.2) is 0 Å². The molecule has 1 fully saturated rings. The van der Waals surface area contributed by atoms with E-state index in [0.717, 1.165) is 31.7 Å². The number of para-hydroxylation sites is 3. The summed E-state index contributed by atoms with van der Waals surface area (Å²) < 4.78 is 5.93. The normalized spacial score (nSPS) is 14.9. The van der Waals surface area contributed by atoms with Crippen LogP contribution in [0.3, 0.4) is 0 Å². The third kappa shape index (κ3) is 5.19. The Labute approximate surface area is 176 Å². The smallest absolute Gasteiger partial charge is 0.238 e. The summed E-state index contributed by atoms with van der Waals surface area (Å²) in [7, 11) is 0. The van der Waals surface area contributed by atoms with Crippen molar-refractivity contribution in [2.45, 2.75) is 18.8 Å². The minimum atomic E-state index is -0.0396. The molecule has 0 radical (unpaired) electrons. The van der Waals surface area contributed by atoms with E-state index in [9.17, 15) is 9.90 Å². The zero-order valence-corrected chi connectivity index (χ0v) is 16.8. The number of phenolic OH excluding ortho intramolecular Hbond substituents is 1. The van der Waals surface area contributed by atoms with Gasteiger partial charge in [0.1, 0.15) is 11.5 Å². The minimum absolute atomic E-state index is 0.0396. The molecule has 0 unspecified atom stereocenters. The molecule has 5 nitrogen and oxygen atoms in total. The number of carbonyl (C=O) groups is 1. The largest absolute Gasteiger partial charge is 0.508 e. The van der Waals surface area contributed by atoms with Gasteiger partial charge < -0.3 is 15.2 Å². The average molecular weight is 402 g/mol. The molecule has 1 amide bonds. The topological polar surface area (TPSA) is 61.8 Å². The summed E-state index contributed by atoms with van der Waals surface area (Å²) in [5, 5.41) is 12.5. The number of ether oxygens (including phenoxy) is 1. The number of hydrogen-bond donors (Lipinski definition) is 2. The molecular weight excluding hydrogens is 376 g/mol. The summed E-state index contributed by atoms with van der Waals surface area (Å²) in [6, 6.07) is 24.5. The van der Waals surface area contributed by atoms with Gasteiger partial charge in [-0.15, -0.1) is 0 Å². The lowest BCUT2D eigenvalue weighted by molar-refractivity contribution is -0.117. The maximum Gasteiger partial charge on any atom is 0.238 e. The van der Waals surface area contributed by atoms with E-state index < -0.39 is 0 Å². The van der Waals surface area contributed by atoms with E-state index >= 15 is 0 Å². The highest BCUT2D eigenvalue weighted by atomic mass is 16.5. The minimum Gasteiger partial charge on any atom is -0.508 e. The molecule has 0 bridgehead atoms. The van der Waals surface area contributed by atoms with Gasteiger partial charge in [0.2, 0.25) is 5.91 Å². The predicted octanol–water partition coefficient (Wildman–Crippen LogP) is 5.00. The second-order valence-corrected chi connectivity index (χ2v) is 7.60. The molecule has 154 valence electrons. The molecular formula is C25H26N2O3. The second kappa shape index (κ2) is 9.46. The fraction of sp³-hybridized carbons (Fsp3) is 0.240. The SMILES string of the molecule is O=C(CN1CCC(c2ccc(O)cc2)CC1)Nc1ccccc1Oc1ccccc1. The van der Waals surface area contributed by atoms with Crippen molar-refractivity contribution in [1.29, 1.82) is 0 Å². The van der Waals surface area contributed by atoms with Gasteiger partial charge in [0, 0.05) is 0 Å². The second-order valence-electron chi connectivity index (χ2n) is 7.60. The first kappa shape index (κ1) is 20.0. The van der Waals surface area contributed by atoms with Crippen molar-refractivity contribution in [2.24, 2.45) is 0 Å². The third-order valence-electron chi connectivity index (χ3n) is 5.45. The molecule has 1 heterocycles. The lowest BCUT2D eigenvalue weighted by Crippen LogP contribution is -2.38. The molecule has 0 aliphatic carbocycles. The van der Waals surface area contributed by atoms with Crippen LogP contribution in [0.25, 0.3) is 0 Å². The standard InChI is InChI=1S/C25H26N2O3/c28-21-12-10-19(11-13-21)20-14-16-27(17-15-20)18-25(29)26-23-8-4-5-9-24(23)30-22-6-2-1-3-7-22/h1-13,20,28H,14-18H2,(H,26,29). The Morgan fingerprint density at radius 1 is 0.933 bits per heavy atom. The summed E-state index contributed by atoms with van der Waals surface area (Å²) in [6.45, 7) is 2.12. The fourth-order valence-electron chi connectivity index (χ4n) is 3.84. The predicted molar refractivity (Wildman–Crippen MR) is 118 cm³/mol. The zero-order valence-electron chi connectivity index (χ0n) is 16.8. The third-order valence-corrected chi connectivity index (χ3v) is 5.45. The Hall–Kier alpha value is -3.31. The average Bonchev–Trinajstić information content (AvgIpc) is 2.77. The van der Waals surface area contributed by atoms with Crippen molar-refractivity contribution < 1.29 is 14.6 Å². The molecule has 5 heteroatoms. The van der Waals surface area contributed by atoms with Gasteiger partial charge >= 0.3 is 0 Å². The van der Waals surface area contributed by atoms with Crippen molar-refractivity contribution in [2.75, 3.05) is 25.0 Å². The molecule has 0 aromatic heterocycles. The van der Waals surface area contributed by atoms with E-state index in [0.29, 0.717) is 29.6 Å². The first-order chi connectivity index (χ1) is 14.7. The summed E-state index contributed by atoms with van der Waals surface area (Å²) in [6.07, 6.45) is 2.01. The van der Waals surface area contributed by atoms with Crippen LogP contribution >= 0.6 is 0 Å². The number of amides is 1. The van der Waals surface area contributed by atoms with Crippen LogP contribution in [0.5, 0.6) is 17.2 Å². The highest BCUT2D eigenvalue weighted by Crippen LogP contribution is 2.30. The maximum atomic E-state index is 12.6. The maximum absolute atomic E-state index is 12.6. The molecule has 0 spiro atoms. The van der Waals surface area contributed by atoms with E-state index in [-0.39, 0.29) is 5.91 Å². The lowest BCUT2D eigenvalue weighted by atomic mass is 9.89. The number of phenols is 1. The Bertz CT molecular complexity index is 965. The van der Waals surface area contributed by atoms with Crippen molar-refractivity contribution in [1.82, 2.24) is 4.90 Å². The molecule has 1 aliphatic rings. The number of piperidine rings is 1. The highest BCUT2D eigenvalue weighted by molar-refractivity contribution is 5.93. The van der Waals surface area contributed by atoms with Crippen LogP contribution in [0, 0.1) is 0 Å². The molecule has 3 aromatic rings. The quantitative estimate of drug-likeness (QED) is 0.609. The van der Waals surface area contributed by atoms with Crippen LogP contribution < -0.4 is 10.1 Å². The number of aromatic hydroxyl groups is 1. The molecule has 1 saturated heterocycles. The van der Waals surface area contributed by atoms with Crippen LogP contribution in [0.1, 0.15) is 24.3 Å². The van der Waals surface area contributed by atoms with Gasteiger partial charge in [-0.3, -0.25) is 9.69 Å². The van der Waals surface area contributed by atoms with Gasteiger partial charge in [0.25, 0.3) is 0 Å². The van der Waals surface area contributed by atoms with Crippen LogP contribution in [-0.2, 0) is 4.79 Å². The van der Waals surface area contributed by atoms with Gasteiger partial charge in [0.05, 0.1) is 12.2 Å². The van der Waals surface area contributed by atoms with Crippen LogP contribution in [0.15, 0.2) is 78.9 Å². The van der Waals surface area contributed by atoms with Gasteiger partial charge in [-0.05, 0) is 73.8 Å². The number of rotatable bonds is 6. The van der Waals surface area contributed by atoms with E-state index in [1.807, 2.05) is 66.7 Å². The van der Waals surface area contributed by atoms with Gasteiger partial charge in [-0.2, -0.15) is 0 Å². The zero-order chi connectivity index (χ0) is 20.8. The Morgan fingerprint density at radius 3 is 2.33 bits per heavy atom. The molecule has 4 rings (SSSR count). The van der Waals surface area contributed by atoms with Crippen molar-refractivity contribution in [3.63, 3.8) is 0 Å². The molecule has 3 aromatic carbocycles. The number of likely N-dealkylation sites (tertiary alicyclic amines) is 1. The number of benzene rings is 3. The molecule has 2 N–H and O–H groups in total. The van der Waals surface area contributed by atoms with E-state index in [2.05, 4.69) is 10.2 Å². The number of hydrogen-bond acceptors (Lipinski definition) is 4. The van der Waals surface area contributed by atoms with E-state index in [4.69, 9.17) is 4.74 Å². The Kier molecular flexibility index (Phi) is 6.30. The monoisotopic (exact) mass is 402 g/mol. The molecule has 1 aliphatic heterocycles. The highest BCUT2D eigenvalue weighted by Gasteiger charge is 2.22. The number of anilines is 1. The van der Waals surface area contributed by atoms with Crippen molar-refractivity contribution in [3.8, 4) is 17.2 Å². The van der Waals surface area contributed by atoms with E-state index in [1.54, 1.807) is 12.1 Å². The lowest BCUT2D eigenvalue weighted by Gasteiger charge is -2.31. The fourth-order valence-corrected chi connectivity index (χ4v) is 3.84. The van der Waals surface area contributed by atoms with Crippen molar-refractivity contribution >= 4 is 11.6 Å². The number of nitrogens with one attached hydrogen (secondary N) is 1. The van der Waals surface area contributed by atoms with Crippen molar-refractivity contribution in [3.05, 3.63) is 84.4 Å². The van der Waals surface area contributed by atoms with Crippen LogP contribution in [0.4, 0.5) is 5.69 Å².